The van der Waals surface area contributed by atoms with Crippen molar-refractivity contribution in [2.75, 3.05) is 4.72 Å². The van der Waals surface area contributed by atoms with Gasteiger partial charge in [-0.15, -0.1) is 0 Å². The fourth-order valence-corrected chi connectivity index (χ4v) is 4.49. The van der Waals surface area contributed by atoms with Crippen molar-refractivity contribution in [3.63, 3.8) is 0 Å². The topological polar surface area (TPSA) is 75.3 Å². The molecule has 0 bridgehead atoms. The monoisotopic (exact) mass is 436 g/mol. The zero-order chi connectivity index (χ0) is 22.6. The number of sulfonamides is 1. The molecule has 0 radical (unpaired) electrons. The van der Waals surface area contributed by atoms with E-state index in [1.165, 1.54) is 0 Å². The Morgan fingerprint density at radius 3 is 2.03 bits per heavy atom. The smallest absolute Gasteiger partial charge is 0.261 e. The molecule has 5 nitrogen and oxygen atoms in total. The maximum atomic E-state index is 13.0. The molecule has 31 heavy (non-hydrogen) atoms. The number of carbonyl (C=O) groups is 1. The number of amides is 1. The predicted octanol–water partition coefficient (Wildman–Crippen LogP) is 5.29. The maximum absolute atomic E-state index is 13.0. The molecule has 1 amide bonds. The van der Waals surface area contributed by atoms with E-state index in [2.05, 4.69) is 10.0 Å². The average Bonchev–Trinajstić information content (AvgIpc) is 2.74. The first-order valence-electron chi connectivity index (χ1n) is 10.3. The Labute approximate surface area is 184 Å². The molecule has 0 aliphatic rings. The minimum absolute atomic E-state index is 0.125. The number of carbonyl (C=O) groups excluding carboxylic acids is 1. The first kappa shape index (κ1) is 22.6. The third kappa shape index (κ3) is 5.33. The lowest BCUT2D eigenvalue weighted by atomic mass is 10.0. The van der Waals surface area contributed by atoms with E-state index in [-0.39, 0.29) is 16.8 Å². The van der Waals surface area contributed by atoms with Gasteiger partial charge in [0, 0.05) is 5.56 Å². The summed E-state index contributed by atoms with van der Waals surface area (Å²) in [7, 11) is -3.75. The highest BCUT2D eigenvalue weighted by Crippen LogP contribution is 2.24. The fraction of sp³-hybridized carbons (Fsp3) is 0.240. The van der Waals surface area contributed by atoms with E-state index in [0.29, 0.717) is 16.8 Å². The predicted molar refractivity (Wildman–Crippen MR) is 125 cm³/mol. The lowest BCUT2D eigenvalue weighted by Gasteiger charge is -2.19. The van der Waals surface area contributed by atoms with Crippen molar-refractivity contribution in [2.45, 2.75) is 45.1 Å². The molecule has 0 aliphatic heterocycles. The van der Waals surface area contributed by atoms with E-state index >= 15 is 0 Å². The Balaban J connectivity index is 1.83. The summed E-state index contributed by atoms with van der Waals surface area (Å²) >= 11 is 0. The van der Waals surface area contributed by atoms with Gasteiger partial charge < -0.3 is 5.32 Å². The number of aryl methyl sites for hydroxylation is 2. The molecule has 2 N–H and O–H groups in total. The van der Waals surface area contributed by atoms with Gasteiger partial charge in [-0.2, -0.15) is 0 Å². The Bertz CT molecular complexity index is 1170. The van der Waals surface area contributed by atoms with Crippen LogP contribution in [0.4, 0.5) is 5.69 Å². The summed E-state index contributed by atoms with van der Waals surface area (Å²) in [4.78, 5) is 13.2. The minimum atomic E-state index is -3.75. The molecule has 0 saturated heterocycles. The van der Waals surface area contributed by atoms with Crippen LogP contribution in [-0.4, -0.2) is 14.3 Å². The summed E-state index contributed by atoms with van der Waals surface area (Å²) < 4.78 is 28.2. The third-order valence-corrected chi connectivity index (χ3v) is 6.73. The van der Waals surface area contributed by atoms with Gasteiger partial charge in [-0.1, -0.05) is 60.5 Å². The van der Waals surface area contributed by atoms with Gasteiger partial charge in [-0.05, 0) is 62.6 Å². The van der Waals surface area contributed by atoms with E-state index in [1.807, 2.05) is 45.0 Å². The van der Waals surface area contributed by atoms with E-state index in [9.17, 15) is 13.2 Å². The lowest BCUT2D eigenvalue weighted by molar-refractivity contribution is 0.0935. The summed E-state index contributed by atoms with van der Waals surface area (Å²) in [6, 6.07) is 19.6. The molecule has 0 aliphatic carbocycles. The number of hydrogen-bond donors (Lipinski definition) is 2. The first-order chi connectivity index (χ1) is 14.7. The van der Waals surface area contributed by atoms with Crippen LogP contribution in [0.25, 0.3) is 0 Å². The van der Waals surface area contributed by atoms with Crippen molar-refractivity contribution in [1.29, 1.82) is 0 Å². The summed E-state index contributed by atoms with van der Waals surface area (Å²) in [6.45, 7) is 7.69. The molecular formula is C25H28N2O3S. The van der Waals surface area contributed by atoms with Gasteiger partial charge in [0.2, 0.25) is 0 Å². The number of hydrogen-bond acceptors (Lipinski definition) is 3. The van der Waals surface area contributed by atoms with E-state index in [1.54, 1.807) is 49.4 Å². The number of nitrogens with one attached hydrogen (secondary N) is 2. The molecule has 0 fully saturated rings. The Kier molecular flexibility index (Phi) is 6.81. The molecule has 0 aromatic heterocycles. The summed E-state index contributed by atoms with van der Waals surface area (Å²) in [5, 5.41) is 3.07. The number of benzene rings is 3. The van der Waals surface area contributed by atoms with Crippen LogP contribution in [0.2, 0.25) is 0 Å². The molecular weight excluding hydrogens is 408 g/mol. The quantitative estimate of drug-likeness (QED) is 0.528. The van der Waals surface area contributed by atoms with Gasteiger partial charge in [0.05, 0.1) is 16.6 Å². The van der Waals surface area contributed by atoms with Gasteiger partial charge in [-0.25, -0.2) is 8.42 Å². The molecule has 0 spiro atoms. The van der Waals surface area contributed by atoms with E-state index in [4.69, 9.17) is 0 Å². The Morgan fingerprint density at radius 2 is 1.45 bits per heavy atom. The molecule has 162 valence electrons. The van der Waals surface area contributed by atoms with Gasteiger partial charge in [0.1, 0.15) is 0 Å². The van der Waals surface area contributed by atoms with Gasteiger partial charge in [-0.3, -0.25) is 9.52 Å². The van der Waals surface area contributed by atoms with Crippen LogP contribution < -0.4 is 10.0 Å². The second kappa shape index (κ2) is 9.35. The molecule has 3 aromatic carbocycles. The van der Waals surface area contributed by atoms with Crippen LogP contribution in [0, 0.1) is 20.8 Å². The molecule has 0 unspecified atom stereocenters. The Morgan fingerprint density at radius 1 is 0.871 bits per heavy atom. The average molecular weight is 437 g/mol. The number of rotatable bonds is 7. The first-order valence-corrected chi connectivity index (χ1v) is 11.8. The molecule has 0 saturated carbocycles. The summed E-state index contributed by atoms with van der Waals surface area (Å²) in [5.41, 5.74) is 4.58. The van der Waals surface area contributed by atoms with E-state index in [0.717, 1.165) is 23.1 Å². The highest BCUT2D eigenvalue weighted by Gasteiger charge is 2.20. The van der Waals surface area contributed by atoms with Crippen molar-refractivity contribution < 1.29 is 13.2 Å². The largest absolute Gasteiger partial charge is 0.345 e. The SMILES string of the molecule is CC[C@@H](NC(=O)c1cccc(NS(=O)(=O)c2ccc(C)cc2)c1C)c1ccc(C)cc1. The van der Waals surface area contributed by atoms with Gasteiger partial charge in [0.15, 0.2) is 0 Å². The molecule has 3 rings (SSSR count). The van der Waals surface area contributed by atoms with Crippen molar-refractivity contribution in [3.8, 4) is 0 Å². The second-order valence-electron chi connectivity index (χ2n) is 7.74. The fourth-order valence-electron chi connectivity index (χ4n) is 3.37. The van der Waals surface area contributed by atoms with Gasteiger partial charge >= 0.3 is 0 Å². The summed E-state index contributed by atoms with van der Waals surface area (Å²) in [5.74, 6) is -0.235. The highest BCUT2D eigenvalue weighted by molar-refractivity contribution is 7.92. The molecule has 6 heteroatoms. The second-order valence-corrected chi connectivity index (χ2v) is 9.42. The molecule has 1 atom stereocenters. The molecule has 3 aromatic rings. The van der Waals surface area contributed by atoms with Crippen LogP contribution in [0.3, 0.4) is 0 Å². The van der Waals surface area contributed by atoms with Crippen LogP contribution in [0.1, 0.15) is 52.0 Å². The normalized spacial score (nSPS) is 12.3. The van der Waals surface area contributed by atoms with Crippen LogP contribution in [0.5, 0.6) is 0 Å². The van der Waals surface area contributed by atoms with E-state index < -0.39 is 10.0 Å². The standard InChI is InChI=1S/C25H28N2O3S/c1-5-23(20-13-9-17(2)10-14-20)26-25(28)22-7-6-8-24(19(22)4)27-31(29,30)21-15-11-18(3)12-16-21/h6-16,23,27H,5H2,1-4H3,(H,26,28)/t23-/m1/s1. The lowest BCUT2D eigenvalue weighted by Crippen LogP contribution is -2.29. The van der Waals surface area contributed by atoms with Crippen molar-refractivity contribution in [3.05, 3.63) is 94.5 Å². The van der Waals surface area contributed by atoms with Crippen LogP contribution in [-0.2, 0) is 10.0 Å². The van der Waals surface area contributed by atoms with Crippen LogP contribution in [0.15, 0.2) is 71.6 Å². The minimum Gasteiger partial charge on any atom is -0.345 e. The van der Waals surface area contributed by atoms with Crippen LogP contribution >= 0.6 is 0 Å². The zero-order valence-electron chi connectivity index (χ0n) is 18.3. The van der Waals surface area contributed by atoms with Crippen molar-refractivity contribution in [2.24, 2.45) is 0 Å². The summed E-state index contributed by atoms with van der Waals surface area (Å²) in [6.07, 6.45) is 0.744. The third-order valence-electron chi connectivity index (χ3n) is 5.35. The van der Waals surface area contributed by atoms with Gasteiger partial charge in [0.25, 0.3) is 15.9 Å². The number of anilines is 1. The maximum Gasteiger partial charge on any atom is 0.261 e. The van der Waals surface area contributed by atoms with Crippen molar-refractivity contribution >= 4 is 21.6 Å². The zero-order valence-corrected chi connectivity index (χ0v) is 19.1. The van der Waals surface area contributed by atoms with Crippen molar-refractivity contribution in [1.82, 2.24) is 5.32 Å². The highest BCUT2D eigenvalue weighted by atomic mass is 32.2. The Hall–Kier alpha value is -3.12. The molecule has 0 heterocycles.